The second-order valence-corrected chi connectivity index (χ2v) is 5.03. The lowest BCUT2D eigenvalue weighted by molar-refractivity contribution is -0.274. The van der Waals surface area contributed by atoms with Gasteiger partial charge in [0.15, 0.2) is 0 Å². The molecule has 1 heterocycles. The first kappa shape index (κ1) is 16.1. The van der Waals surface area contributed by atoms with E-state index in [1.807, 2.05) is 6.92 Å². The number of morpholine rings is 1. The summed E-state index contributed by atoms with van der Waals surface area (Å²) in [5, 5.41) is 0. The molecule has 4 nitrogen and oxygen atoms in total. The Morgan fingerprint density at radius 2 is 2.24 bits per heavy atom. The van der Waals surface area contributed by atoms with Gasteiger partial charge in [0.2, 0.25) is 0 Å². The van der Waals surface area contributed by atoms with Crippen LogP contribution in [0.2, 0.25) is 0 Å². The Hall–Kier alpha value is -1.31. The molecule has 0 aliphatic carbocycles. The van der Waals surface area contributed by atoms with Crippen molar-refractivity contribution in [3.63, 3.8) is 0 Å². The Morgan fingerprint density at radius 3 is 2.86 bits per heavy atom. The standard InChI is InChI=1S/C14H19F3N2O2/c1-10-9-20-6-5-19(10)13(8-18)11-3-2-4-12(7-11)21-14(15,16)17/h2-4,7,10,13H,5-6,8-9,18H2,1H3. The monoisotopic (exact) mass is 304 g/mol. The van der Waals surface area contributed by atoms with E-state index in [9.17, 15) is 13.2 Å². The Morgan fingerprint density at radius 1 is 1.48 bits per heavy atom. The fraction of sp³-hybridized carbons (Fsp3) is 0.571. The molecule has 2 unspecified atom stereocenters. The van der Waals surface area contributed by atoms with Gasteiger partial charge in [-0.15, -0.1) is 13.2 Å². The second-order valence-electron chi connectivity index (χ2n) is 5.03. The van der Waals surface area contributed by atoms with Crippen LogP contribution in [-0.4, -0.2) is 43.6 Å². The smallest absolute Gasteiger partial charge is 0.406 e. The summed E-state index contributed by atoms with van der Waals surface area (Å²) in [6.45, 7) is 4.22. The number of hydrogen-bond donors (Lipinski definition) is 1. The molecule has 2 atom stereocenters. The zero-order valence-electron chi connectivity index (χ0n) is 11.8. The molecular formula is C14H19F3N2O2. The van der Waals surface area contributed by atoms with Gasteiger partial charge >= 0.3 is 6.36 Å². The molecule has 1 saturated heterocycles. The van der Waals surface area contributed by atoms with Gasteiger partial charge in [0.1, 0.15) is 5.75 Å². The Labute approximate surface area is 121 Å². The number of halogens is 3. The molecule has 0 bridgehead atoms. The van der Waals surface area contributed by atoms with Crippen molar-refractivity contribution in [2.75, 3.05) is 26.3 Å². The van der Waals surface area contributed by atoms with Crippen molar-refractivity contribution in [2.45, 2.75) is 25.4 Å². The molecule has 0 spiro atoms. The van der Waals surface area contributed by atoms with Crippen molar-refractivity contribution in [1.29, 1.82) is 0 Å². The zero-order valence-corrected chi connectivity index (χ0v) is 11.8. The molecule has 7 heteroatoms. The number of hydrogen-bond acceptors (Lipinski definition) is 4. The number of ether oxygens (including phenoxy) is 2. The van der Waals surface area contributed by atoms with E-state index in [1.165, 1.54) is 12.1 Å². The molecule has 21 heavy (non-hydrogen) atoms. The molecule has 0 amide bonds. The molecule has 0 radical (unpaired) electrons. The summed E-state index contributed by atoms with van der Waals surface area (Å²) in [5.74, 6) is -0.223. The van der Waals surface area contributed by atoms with Crippen molar-refractivity contribution in [3.05, 3.63) is 29.8 Å². The second kappa shape index (κ2) is 6.64. The van der Waals surface area contributed by atoms with Crippen LogP contribution < -0.4 is 10.5 Å². The van der Waals surface area contributed by atoms with Gasteiger partial charge in [-0.1, -0.05) is 12.1 Å². The number of nitrogens with two attached hydrogens (primary N) is 1. The SMILES string of the molecule is CC1COCCN1C(CN)c1cccc(OC(F)(F)F)c1. The van der Waals surface area contributed by atoms with Crippen molar-refractivity contribution in [1.82, 2.24) is 4.90 Å². The van der Waals surface area contributed by atoms with E-state index < -0.39 is 6.36 Å². The van der Waals surface area contributed by atoms with Crippen molar-refractivity contribution < 1.29 is 22.6 Å². The van der Waals surface area contributed by atoms with E-state index in [-0.39, 0.29) is 17.8 Å². The van der Waals surface area contributed by atoms with Gasteiger partial charge in [-0.25, -0.2) is 0 Å². The fourth-order valence-corrected chi connectivity index (χ4v) is 2.58. The van der Waals surface area contributed by atoms with Crippen LogP contribution in [0.25, 0.3) is 0 Å². The molecule has 0 saturated carbocycles. The lowest BCUT2D eigenvalue weighted by atomic mass is 10.0. The van der Waals surface area contributed by atoms with Gasteiger partial charge in [-0.3, -0.25) is 4.90 Å². The summed E-state index contributed by atoms with van der Waals surface area (Å²) in [5.41, 5.74) is 6.55. The zero-order chi connectivity index (χ0) is 15.5. The third-order valence-electron chi connectivity index (χ3n) is 3.52. The minimum Gasteiger partial charge on any atom is -0.406 e. The van der Waals surface area contributed by atoms with E-state index in [1.54, 1.807) is 12.1 Å². The first-order valence-corrected chi connectivity index (χ1v) is 6.80. The normalized spacial score (nSPS) is 22.0. The molecule has 1 aliphatic heterocycles. The van der Waals surface area contributed by atoms with E-state index >= 15 is 0 Å². The summed E-state index contributed by atoms with van der Waals surface area (Å²) in [6, 6.07) is 6.01. The van der Waals surface area contributed by atoms with E-state index in [2.05, 4.69) is 9.64 Å². The minimum absolute atomic E-state index is 0.152. The Balaban J connectivity index is 2.19. The number of benzene rings is 1. The van der Waals surface area contributed by atoms with Crippen LogP contribution in [0.1, 0.15) is 18.5 Å². The molecule has 1 aliphatic rings. The summed E-state index contributed by atoms with van der Waals surface area (Å²) < 4.78 is 46.2. The van der Waals surface area contributed by atoms with E-state index in [4.69, 9.17) is 10.5 Å². The molecule has 1 fully saturated rings. The topological polar surface area (TPSA) is 47.7 Å². The van der Waals surface area contributed by atoms with Gasteiger partial charge in [-0.2, -0.15) is 0 Å². The van der Waals surface area contributed by atoms with E-state index in [0.29, 0.717) is 31.9 Å². The Kier molecular flexibility index (Phi) is 5.08. The molecule has 2 N–H and O–H groups in total. The molecule has 118 valence electrons. The van der Waals surface area contributed by atoms with Gasteiger partial charge in [0.05, 0.1) is 13.2 Å². The van der Waals surface area contributed by atoms with Crippen molar-refractivity contribution in [3.8, 4) is 5.75 Å². The lowest BCUT2D eigenvalue weighted by Crippen LogP contribution is -2.47. The van der Waals surface area contributed by atoms with Crippen molar-refractivity contribution >= 4 is 0 Å². The number of alkyl halides is 3. The lowest BCUT2D eigenvalue weighted by Gasteiger charge is -2.39. The third kappa shape index (κ3) is 4.33. The van der Waals surface area contributed by atoms with Crippen LogP contribution in [0.15, 0.2) is 24.3 Å². The maximum absolute atomic E-state index is 12.3. The quantitative estimate of drug-likeness (QED) is 0.927. The summed E-state index contributed by atoms with van der Waals surface area (Å²) in [4.78, 5) is 2.15. The molecular weight excluding hydrogens is 285 g/mol. The average molecular weight is 304 g/mol. The van der Waals surface area contributed by atoms with Crippen LogP contribution in [0.3, 0.4) is 0 Å². The molecule has 2 rings (SSSR count). The van der Waals surface area contributed by atoms with Crippen LogP contribution in [0, 0.1) is 0 Å². The third-order valence-corrected chi connectivity index (χ3v) is 3.52. The highest BCUT2D eigenvalue weighted by Gasteiger charge is 2.32. The molecule has 1 aromatic rings. The number of nitrogens with zero attached hydrogens (tertiary/aromatic N) is 1. The van der Waals surface area contributed by atoms with Gasteiger partial charge < -0.3 is 15.2 Å². The maximum atomic E-state index is 12.3. The average Bonchev–Trinajstić information content (AvgIpc) is 2.40. The van der Waals surface area contributed by atoms with Crippen LogP contribution >= 0.6 is 0 Å². The molecule has 0 aromatic heterocycles. The van der Waals surface area contributed by atoms with Crippen LogP contribution in [-0.2, 0) is 4.74 Å². The van der Waals surface area contributed by atoms with Gasteiger partial charge in [0.25, 0.3) is 0 Å². The largest absolute Gasteiger partial charge is 0.573 e. The first-order chi connectivity index (χ1) is 9.90. The predicted molar refractivity (Wildman–Crippen MR) is 71.9 cm³/mol. The van der Waals surface area contributed by atoms with Crippen molar-refractivity contribution in [2.24, 2.45) is 5.73 Å². The van der Waals surface area contributed by atoms with Gasteiger partial charge in [-0.05, 0) is 24.6 Å². The summed E-state index contributed by atoms with van der Waals surface area (Å²) in [7, 11) is 0. The molecule has 1 aromatic carbocycles. The Bertz CT molecular complexity index is 468. The number of rotatable bonds is 4. The maximum Gasteiger partial charge on any atom is 0.573 e. The highest BCUT2D eigenvalue weighted by atomic mass is 19.4. The summed E-state index contributed by atoms with van der Waals surface area (Å²) in [6.07, 6.45) is -4.69. The highest BCUT2D eigenvalue weighted by Crippen LogP contribution is 2.29. The van der Waals surface area contributed by atoms with Crippen LogP contribution in [0.4, 0.5) is 13.2 Å². The summed E-state index contributed by atoms with van der Waals surface area (Å²) >= 11 is 0. The highest BCUT2D eigenvalue weighted by molar-refractivity contribution is 5.31. The fourth-order valence-electron chi connectivity index (χ4n) is 2.58. The minimum atomic E-state index is -4.69. The predicted octanol–water partition coefficient (Wildman–Crippen LogP) is 2.31. The first-order valence-electron chi connectivity index (χ1n) is 6.80. The van der Waals surface area contributed by atoms with Gasteiger partial charge in [0, 0.05) is 25.2 Å². The van der Waals surface area contributed by atoms with Crippen LogP contribution in [0.5, 0.6) is 5.75 Å². The van der Waals surface area contributed by atoms with E-state index in [0.717, 1.165) is 0 Å².